The number of amides is 1. The van der Waals surface area contributed by atoms with Crippen molar-refractivity contribution in [2.45, 2.75) is 0 Å². The minimum Gasteiger partial charge on any atom is -0.497 e. The van der Waals surface area contributed by atoms with Crippen LogP contribution in [0.5, 0.6) is 5.75 Å². The summed E-state index contributed by atoms with van der Waals surface area (Å²) in [6, 6.07) is 11.6. The molecule has 0 saturated heterocycles. The highest BCUT2D eigenvalue weighted by molar-refractivity contribution is 6.34. The zero-order valence-corrected chi connectivity index (χ0v) is 10.8. The van der Waals surface area contributed by atoms with Crippen LogP contribution in [0.3, 0.4) is 0 Å². The second kappa shape index (κ2) is 4.81. The maximum absolute atomic E-state index is 13.3. The van der Waals surface area contributed by atoms with Gasteiger partial charge in [0, 0.05) is 16.8 Å². The lowest BCUT2D eigenvalue weighted by Crippen LogP contribution is -2.03. The third kappa shape index (κ3) is 2.16. The Morgan fingerprint density at radius 2 is 1.90 bits per heavy atom. The van der Waals surface area contributed by atoms with E-state index in [1.807, 2.05) is 24.3 Å². The smallest absolute Gasteiger partial charge is 0.256 e. The van der Waals surface area contributed by atoms with Crippen LogP contribution in [0.2, 0.25) is 0 Å². The predicted octanol–water partition coefficient (Wildman–Crippen LogP) is 3.33. The van der Waals surface area contributed by atoms with E-state index in [0.29, 0.717) is 16.8 Å². The summed E-state index contributed by atoms with van der Waals surface area (Å²) in [7, 11) is 1.59. The molecule has 1 amide bonds. The lowest BCUT2D eigenvalue weighted by Gasteiger charge is -2.01. The second-order valence-electron chi connectivity index (χ2n) is 4.48. The Kier molecular flexibility index (Phi) is 2.99. The van der Waals surface area contributed by atoms with E-state index in [9.17, 15) is 9.18 Å². The quantitative estimate of drug-likeness (QED) is 0.849. The molecule has 1 heterocycles. The average Bonchev–Trinajstić information content (AvgIpc) is 2.76. The minimum absolute atomic E-state index is 0.221. The second-order valence-corrected chi connectivity index (χ2v) is 4.48. The predicted molar refractivity (Wildman–Crippen MR) is 75.9 cm³/mol. The van der Waals surface area contributed by atoms with Crippen LogP contribution in [0.1, 0.15) is 11.1 Å². The Hall–Kier alpha value is -2.62. The average molecular weight is 269 g/mol. The summed E-state index contributed by atoms with van der Waals surface area (Å²) >= 11 is 0. The number of rotatable bonds is 2. The molecule has 0 bridgehead atoms. The van der Waals surface area contributed by atoms with Gasteiger partial charge < -0.3 is 10.1 Å². The van der Waals surface area contributed by atoms with Gasteiger partial charge in [-0.05, 0) is 42.0 Å². The number of hydrogen-bond donors (Lipinski definition) is 1. The Bertz CT molecular complexity index is 705. The molecule has 0 aromatic heterocycles. The zero-order chi connectivity index (χ0) is 14.1. The largest absolute Gasteiger partial charge is 0.497 e. The number of nitrogens with one attached hydrogen (secondary N) is 1. The van der Waals surface area contributed by atoms with E-state index in [4.69, 9.17) is 4.74 Å². The molecule has 0 saturated carbocycles. The highest BCUT2D eigenvalue weighted by atomic mass is 19.1. The molecule has 0 unspecified atom stereocenters. The first-order valence-corrected chi connectivity index (χ1v) is 6.14. The van der Waals surface area contributed by atoms with Crippen molar-refractivity contribution in [3.05, 3.63) is 59.4 Å². The topological polar surface area (TPSA) is 38.3 Å². The van der Waals surface area contributed by atoms with Gasteiger partial charge in [-0.15, -0.1) is 0 Å². The van der Waals surface area contributed by atoms with Crippen molar-refractivity contribution < 1.29 is 13.9 Å². The summed E-state index contributed by atoms with van der Waals surface area (Å²) in [5, 5.41) is 2.72. The van der Waals surface area contributed by atoms with E-state index in [-0.39, 0.29) is 11.7 Å². The van der Waals surface area contributed by atoms with Crippen LogP contribution < -0.4 is 10.1 Å². The molecule has 3 nitrogen and oxygen atoms in total. The summed E-state index contributed by atoms with van der Waals surface area (Å²) in [5.74, 6) is 0.164. The van der Waals surface area contributed by atoms with E-state index in [2.05, 4.69) is 5.32 Å². The number of fused-ring (bicyclic) bond motifs is 1. The van der Waals surface area contributed by atoms with Gasteiger partial charge in [0.15, 0.2) is 0 Å². The van der Waals surface area contributed by atoms with Crippen LogP contribution in [-0.4, -0.2) is 13.0 Å². The van der Waals surface area contributed by atoms with Gasteiger partial charge in [0.1, 0.15) is 11.6 Å². The summed E-state index contributed by atoms with van der Waals surface area (Å²) in [5.41, 5.74) is 2.54. The molecule has 0 spiro atoms. The van der Waals surface area contributed by atoms with E-state index in [1.54, 1.807) is 19.3 Å². The van der Waals surface area contributed by atoms with Crippen molar-refractivity contribution in [1.29, 1.82) is 0 Å². The number of halogens is 1. The molecule has 20 heavy (non-hydrogen) atoms. The molecular formula is C16H12FNO2. The van der Waals surface area contributed by atoms with Gasteiger partial charge in [0.05, 0.1) is 7.11 Å². The fraction of sp³-hybridized carbons (Fsp3) is 0.0625. The van der Waals surface area contributed by atoms with Crippen LogP contribution in [0.15, 0.2) is 42.5 Å². The molecule has 0 radical (unpaired) electrons. The molecule has 0 fully saturated rings. The molecule has 1 aliphatic rings. The first kappa shape index (κ1) is 12.4. The molecular weight excluding hydrogens is 257 g/mol. The normalized spacial score (nSPS) is 15.1. The summed E-state index contributed by atoms with van der Waals surface area (Å²) in [6.45, 7) is 0. The number of hydrogen-bond acceptors (Lipinski definition) is 2. The number of methoxy groups -OCH3 is 1. The van der Waals surface area contributed by atoms with E-state index < -0.39 is 0 Å². The van der Waals surface area contributed by atoms with Crippen LogP contribution in [0, 0.1) is 5.82 Å². The van der Waals surface area contributed by atoms with Crippen LogP contribution in [0.4, 0.5) is 10.1 Å². The number of ether oxygens (including phenoxy) is 1. The van der Waals surface area contributed by atoms with E-state index in [0.717, 1.165) is 11.3 Å². The van der Waals surface area contributed by atoms with Gasteiger partial charge in [-0.25, -0.2) is 4.39 Å². The van der Waals surface area contributed by atoms with Crippen molar-refractivity contribution in [2.24, 2.45) is 0 Å². The molecule has 0 aliphatic carbocycles. The van der Waals surface area contributed by atoms with Crippen molar-refractivity contribution >= 4 is 23.2 Å². The van der Waals surface area contributed by atoms with E-state index >= 15 is 0 Å². The Morgan fingerprint density at radius 1 is 1.15 bits per heavy atom. The van der Waals surface area contributed by atoms with Crippen LogP contribution >= 0.6 is 0 Å². The fourth-order valence-electron chi connectivity index (χ4n) is 2.17. The van der Waals surface area contributed by atoms with Crippen molar-refractivity contribution in [3.8, 4) is 5.75 Å². The number of carbonyl (C=O) groups is 1. The van der Waals surface area contributed by atoms with Crippen LogP contribution in [-0.2, 0) is 4.79 Å². The Morgan fingerprint density at radius 3 is 2.60 bits per heavy atom. The fourth-order valence-corrected chi connectivity index (χ4v) is 2.17. The minimum atomic E-state index is -0.360. The lowest BCUT2D eigenvalue weighted by atomic mass is 10.0. The van der Waals surface area contributed by atoms with Gasteiger partial charge in [-0.3, -0.25) is 4.79 Å². The third-order valence-corrected chi connectivity index (χ3v) is 3.19. The number of carbonyl (C=O) groups excluding carboxylic acids is 1. The zero-order valence-electron chi connectivity index (χ0n) is 10.8. The first-order chi connectivity index (χ1) is 9.67. The highest BCUT2D eigenvalue weighted by Crippen LogP contribution is 2.33. The first-order valence-electron chi connectivity index (χ1n) is 6.14. The monoisotopic (exact) mass is 269 g/mol. The molecule has 1 N–H and O–H groups in total. The molecule has 2 aromatic carbocycles. The lowest BCUT2D eigenvalue weighted by molar-refractivity contribution is -0.110. The SMILES string of the molecule is COc1ccc(/C=C2/C(=O)Nc3ccc(F)cc32)cc1. The van der Waals surface area contributed by atoms with Crippen molar-refractivity contribution in [1.82, 2.24) is 0 Å². The maximum atomic E-state index is 13.3. The molecule has 3 rings (SSSR count). The van der Waals surface area contributed by atoms with Gasteiger partial charge in [-0.2, -0.15) is 0 Å². The molecule has 100 valence electrons. The molecule has 4 heteroatoms. The highest BCUT2D eigenvalue weighted by Gasteiger charge is 2.24. The summed E-state index contributed by atoms with van der Waals surface area (Å²) in [4.78, 5) is 11.9. The maximum Gasteiger partial charge on any atom is 0.256 e. The Labute approximate surface area is 115 Å². The van der Waals surface area contributed by atoms with Gasteiger partial charge in [-0.1, -0.05) is 12.1 Å². The standard InChI is InChI=1S/C16H12FNO2/c1-20-12-5-2-10(3-6-12)8-14-13-9-11(17)4-7-15(13)18-16(14)19/h2-9H,1H3,(H,18,19)/b14-8+. The van der Waals surface area contributed by atoms with Crippen LogP contribution in [0.25, 0.3) is 11.6 Å². The summed E-state index contributed by atoms with van der Waals surface area (Å²) < 4.78 is 18.4. The van der Waals surface area contributed by atoms with Crippen molar-refractivity contribution in [3.63, 3.8) is 0 Å². The van der Waals surface area contributed by atoms with Crippen molar-refractivity contribution in [2.75, 3.05) is 12.4 Å². The summed E-state index contributed by atoms with van der Waals surface area (Å²) in [6.07, 6.45) is 1.74. The third-order valence-electron chi connectivity index (χ3n) is 3.19. The Balaban J connectivity index is 2.03. The molecule has 1 aliphatic heterocycles. The van der Waals surface area contributed by atoms with Gasteiger partial charge >= 0.3 is 0 Å². The van der Waals surface area contributed by atoms with Gasteiger partial charge in [0.2, 0.25) is 0 Å². The van der Waals surface area contributed by atoms with Gasteiger partial charge in [0.25, 0.3) is 5.91 Å². The molecule has 0 atom stereocenters. The number of anilines is 1. The molecule has 2 aromatic rings. The van der Waals surface area contributed by atoms with E-state index in [1.165, 1.54) is 12.1 Å². The number of benzene rings is 2.